The van der Waals surface area contributed by atoms with Crippen LogP contribution in [0, 0.1) is 0 Å². The molecule has 0 aliphatic carbocycles. The Labute approximate surface area is 156 Å². The zero-order chi connectivity index (χ0) is 18.6. The molecule has 3 heteroatoms. The van der Waals surface area contributed by atoms with Crippen LogP contribution in [0.25, 0.3) is 10.8 Å². The van der Waals surface area contributed by atoms with E-state index in [1.54, 1.807) is 54.6 Å². The Morgan fingerprint density at radius 1 is 0.593 bits per heavy atom. The number of ether oxygens (including phenoxy) is 1. The monoisotopic (exact) mass is 352 g/mol. The van der Waals surface area contributed by atoms with Crippen LogP contribution < -0.4 is 4.74 Å². The minimum Gasteiger partial charge on any atom is -0.457 e. The van der Waals surface area contributed by atoms with Gasteiger partial charge in [-0.2, -0.15) is 0 Å². The van der Waals surface area contributed by atoms with E-state index in [0.29, 0.717) is 17.1 Å². The van der Waals surface area contributed by atoms with Gasteiger partial charge in [-0.05, 0) is 35.0 Å². The van der Waals surface area contributed by atoms with E-state index in [9.17, 15) is 9.59 Å². The van der Waals surface area contributed by atoms with Gasteiger partial charge in [-0.15, -0.1) is 0 Å². The second kappa shape index (κ2) is 7.26. The van der Waals surface area contributed by atoms with Crippen molar-refractivity contribution in [2.75, 3.05) is 0 Å². The number of fused-ring (bicyclic) bond motifs is 1. The molecule has 0 amide bonds. The maximum Gasteiger partial charge on any atom is 0.237 e. The Morgan fingerprint density at radius 2 is 1.26 bits per heavy atom. The molecule has 3 nitrogen and oxygen atoms in total. The van der Waals surface area contributed by atoms with Crippen LogP contribution in [-0.2, 0) is 0 Å². The minimum atomic E-state index is -0.586. The summed E-state index contributed by atoms with van der Waals surface area (Å²) in [5.74, 6) is -0.161. The second-order valence-corrected chi connectivity index (χ2v) is 6.13. The fraction of sp³-hybridized carbons (Fsp3) is 0. The van der Waals surface area contributed by atoms with Gasteiger partial charge in [0.1, 0.15) is 11.5 Å². The number of Topliss-reactive ketones (excluding diaryl/α,β-unsaturated/α-hetero) is 2. The zero-order valence-electron chi connectivity index (χ0n) is 14.5. The van der Waals surface area contributed by atoms with Crippen LogP contribution in [0.5, 0.6) is 11.5 Å². The van der Waals surface area contributed by atoms with Crippen LogP contribution in [0.2, 0.25) is 0 Å². The average Bonchev–Trinajstić information content (AvgIpc) is 2.73. The van der Waals surface area contributed by atoms with E-state index in [-0.39, 0.29) is 5.56 Å². The zero-order valence-corrected chi connectivity index (χ0v) is 14.5. The van der Waals surface area contributed by atoms with Crippen molar-refractivity contribution >= 4 is 22.3 Å². The first-order chi connectivity index (χ1) is 13.2. The standard InChI is InChI=1S/C24H16O3/c25-23(18-9-2-1-3-10-18)24(26)21-12-6-7-13-22(21)27-20-15-14-17-8-4-5-11-19(17)16-20/h1-16H. The first-order valence-electron chi connectivity index (χ1n) is 8.62. The maximum atomic E-state index is 12.7. The molecule has 0 aromatic heterocycles. The molecule has 0 aliphatic heterocycles. The third kappa shape index (κ3) is 3.48. The van der Waals surface area contributed by atoms with Gasteiger partial charge < -0.3 is 4.74 Å². The lowest BCUT2D eigenvalue weighted by Gasteiger charge is -2.11. The fourth-order valence-electron chi connectivity index (χ4n) is 2.94. The molecule has 130 valence electrons. The summed E-state index contributed by atoms with van der Waals surface area (Å²) in [6.45, 7) is 0. The minimum absolute atomic E-state index is 0.250. The fourth-order valence-corrected chi connectivity index (χ4v) is 2.94. The molecule has 0 spiro atoms. The van der Waals surface area contributed by atoms with E-state index in [1.165, 1.54) is 0 Å². The molecule has 0 saturated heterocycles. The molecule has 0 N–H and O–H groups in total. The lowest BCUT2D eigenvalue weighted by molar-refractivity contribution is 0.0815. The third-order valence-electron chi connectivity index (χ3n) is 4.32. The summed E-state index contributed by atoms with van der Waals surface area (Å²) in [4.78, 5) is 25.3. The number of hydrogen-bond acceptors (Lipinski definition) is 3. The molecule has 0 aliphatic rings. The summed E-state index contributed by atoms with van der Waals surface area (Å²) >= 11 is 0. The molecule has 0 radical (unpaired) electrons. The Bertz CT molecular complexity index is 1130. The SMILES string of the molecule is O=C(C(=O)c1ccccc1Oc1ccc2ccccc2c1)c1ccccc1. The van der Waals surface area contributed by atoms with Crippen LogP contribution in [0.3, 0.4) is 0 Å². The lowest BCUT2D eigenvalue weighted by Crippen LogP contribution is -2.15. The van der Waals surface area contributed by atoms with E-state index in [0.717, 1.165) is 10.8 Å². The molecular formula is C24H16O3. The highest BCUT2D eigenvalue weighted by atomic mass is 16.5. The highest BCUT2D eigenvalue weighted by Crippen LogP contribution is 2.29. The van der Waals surface area contributed by atoms with Crippen molar-refractivity contribution in [2.45, 2.75) is 0 Å². The van der Waals surface area contributed by atoms with E-state index in [4.69, 9.17) is 4.74 Å². The van der Waals surface area contributed by atoms with Crippen molar-refractivity contribution in [2.24, 2.45) is 0 Å². The van der Waals surface area contributed by atoms with Crippen molar-refractivity contribution < 1.29 is 14.3 Å². The van der Waals surface area contributed by atoms with Crippen molar-refractivity contribution in [1.82, 2.24) is 0 Å². The largest absolute Gasteiger partial charge is 0.457 e. The summed E-state index contributed by atoms with van der Waals surface area (Å²) < 4.78 is 5.95. The molecule has 0 atom stereocenters. The summed E-state index contributed by atoms with van der Waals surface area (Å²) in [6, 6.07) is 29.0. The van der Waals surface area contributed by atoms with Crippen LogP contribution in [0.15, 0.2) is 97.1 Å². The number of para-hydroxylation sites is 1. The Hall–Kier alpha value is -3.72. The van der Waals surface area contributed by atoms with Crippen LogP contribution in [0.4, 0.5) is 0 Å². The Kier molecular flexibility index (Phi) is 4.50. The molecule has 0 bridgehead atoms. The van der Waals surface area contributed by atoms with Gasteiger partial charge in [-0.25, -0.2) is 0 Å². The molecule has 0 heterocycles. The van der Waals surface area contributed by atoms with E-state index in [1.807, 2.05) is 42.5 Å². The van der Waals surface area contributed by atoms with E-state index in [2.05, 4.69) is 0 Å². The summed E-state index contributed by atoms with van der Waals surface area (Å²) in [5.41, 5.74) is 0.613. The maximum absolute atomic E-state index is 12.7. The molecular weight excluding hydrogens is 336 g/mol. The molecule has 4 rings (SSSR count). The van der Waals surface area contributed by atoms with Gasteiger partial charge in [-0.1, -0.05) is 72.8 Å². The summed E-state index contributed by atoms with van der Waals surface area (Å²) in [7, 11) is 0. The van der Waals surface area contributed by atoms with Crippen LogP contribution >= 0.6 is 0 Å². The number of ketones is 2. The van der Waals surface area contributed by atoms with Crippen molar-refractivity contribution in [3.05, 3.63) is 108 Å². The highest BCUT2D eigenvalue weighted by Gasteiger charge is 2.21. The normalized spacial score (nSPS) is 10.5. The van der Waals surface area contributed by atoms with Gasteiger partial charge in [-0.3, -0.25) is 9.59 Å². The van der Waals surface area contributed by atoms with Crippen molar-refractivity contribution in [3.63, 3.8) is 0 Å². The third-order valence-corrected chi connectivity index (χ3v) is 4.32. The average molecular weight is 352 g/mol. The van der Waals surface area contributed by atoms with Crippen LogP contribution in [0.1, 0.15) is 20.7 Å². The van der Waals surface area contributed by atoms with Crippen LogP contribution in [-0.4, -0.2) is 11.6 Å². The number of hydrogen-bond donors (Lipinski definition) is 0. The molecule has 0 fully saturated rings. The van der Waals surface area contributed by atoms with Gasteiger partial charge in [0, 0.05) is 5.56 Å². The predicted octanol–water partition coefficient (Wildman–Crippen LogP) is 5.70. The van der Waals surface area contributed by atoms with Crippen molar-refractivity contribution in [1.29, 1.82) is 0 Å². The number of carbonyl (C=O) groups is 2. The predicted molar refractivity (Wildman–Crippen MR) is 106 cm³/mol. The topological polar surface area (TPSA) is 43.4 Å². The lowest BCUT2D eigenvalue weighted by atomic mass is 10.0. The smallest absolute Gasteiger partial charge is 0.237 e. The summed E-state index contributed by atoms with van der Waals surface area (Å²) in [5, 5.41) is 2.15. The number of carbonyl (C=O) groups excluding carboxylic acids is 2. The second-order valence-electron chi connectivity index (χ2n) is 6.13. The Morgan fingerprint density at radius 3 is 2.07 bits per heavy atom. The van der Waals surface area contributed by atoms with E-state index >= 15 is 0 Å². The van der Waals surface area contributed by atoms with Gasteiger partial charge in [0.2, 0.25) is 11.6 Å². The number of benzene rings is 4. The highest BCUT2D eigenvalue weighted by molar-refractivity contribution is 6.49. The molecule has 0 unspecified atom stereocenters. The first kappa shape index (κ1) is 16.7. The van der Waals surface area contributed by atoms with Gasteiger partial charge in [0.25, 0.3) is 0 Å². The molecule has 4 aromatic rings. The quantitative estimate of drug-likeness (QED) is 0.342. The van der Waals surface area contributed by atoms with E-state index < -0.39 is 11.6 Å². The Balaban J connectivity index is 1.66. The van der Waals surface area contributed by atoms with Gasteiger partial charge in [0.15, 0.2) is 0 Å². The summed E-state index contributed by atoms with van der Waals surface area (Å²) in [6.07, 6.45) is 0. The number of rotatable bonds is 5. The van der Waals surface area contributed by atoms with Crippen molar-refractivity contribution in [3.8, 4) is 11.5 Å². The first-order valence-corrected chi connectivity index (χ1v) is 8.62. The molecule has 27 heavy (non-hydrogen) atoms. The molecule has 0 saturated carbocycles. The molecule has 4 aromatic carbocycles. The van der Waals surface area contributed by atoms with Gasteiger partial charge in [0.05, 0.1) is 5.56 Å². The van der Waals surface area contributed by atoms with Gasteiger partial charge >= 0.3 is 0 Å².